The van der Waals surface area contributed by atoms with Crippen molar-refractivity contribution in [1.82, 2.24) is 5.32 Å². The van der Waals surface area contributed by atoms with Crippen LogP contribution in [0.2, 0.25) is 0 Å². The van der Waals surface area contributed by atoms with Gasteiger partial charge in [-0.2, -0.15) is 0 Å². The van der Waals surface area contributed by atoms with Gasteiger partial charge in [-0.15, -0.1) is 0 Å². The number of rotatable bonds is 15. The van der Waals surface area contributed by atoms with Crippen LogP contribution >= 0.6 is 0 Å². The molecule has 1 amide bonds. The predicted octanol–water partition coefficient (Wildman–Crippen LogP) is 2.47. The largest absolute Gasteiger partial charge is 0.379 e. The molecule has 0 fully saturated rings. The monoisotopic (exact) mass is 303 g/mol. The Balaban J connectivity index is 3.92. The molecule has 0 aromatic rings. The summed E-state index contributed by atoms with van der Waals surface area (Å²) in [6, 6.07) is 0. The number of carbonyl (C=O) groups excluding carboxylic acids is 2. The molecule has 0 radical (unpaired) electrons. The topological polar surface area (TPSA) is 64.6 Å². The summed E-state index contributed by atoms with van der Waals surface area (Å²) in [5.41, 5.74) is 0. The lowest BCUT2D eigenvalue weighted by molar-refractivity contribution is -0.122. The first kappa shape index (κ1) is 18.1. The third-order valence-electron chi connectivity index (χ3n) is 3.01. The van der Waals surface area contributed by atoms with Crippen molar-refractivity contribution in [2.24, 2.45) is 0 Å². The molecule has 1 unspecified atom stereocenters. The summed E-state index contributed by atoms with van der Waals surface area (Å²) in [6.07, 6.45) is 4.22. The molecule has 5 nitrogen and oxygen atoms in total. The molecule has 0 heterocycles. The summed E-state index contributed by atoms with van der Waals surface area (Å²) >= 11 is 0. The maximum absolute atomic E-state index is 11.7. The Bertz CT molecular complexity index is 300. The zero-order chi connectivity index (χ0) is 16.6. The molecule has 21 heavy (non-hydrogen) atoms. The summed E-state index contributed by atoms with van der Waals surface area (Å²) in [5, 5.41) is 2.81. The van der Waals surface area contributed by atoms with Crippen LogP contribution in [0.3, 0.4) is 0 Å². The van der Waals surface area contributed by atoms with Gasteiger partial charge in [0.1, 0.15) is 7.63 Å². The molecular weight excluding hydrogens is 270 g/mol. The van der Waals surface area contributed by atoms with Crippen molar-refractivity contribution in [3.05, 3.63) is 0 Å². The van der Waals surface area contributed by atoms with Gasteiger partial charge >= 0.3 is 0 Å². The van der Waals surface area contributed by atoms with Crippen molar-refractivity contribution < 1.29 is 20.4 Å². The number of carbonyl (C=O) groups is 2. The van der Waals surface area contributed by atoms with Crippen LogP contribution in [0.4, 0.5) is 0 Å². The summed E-state index contributed by atoms with van der Waals surface area (Å²) in [6.45, 7) is 6.50. The van der Waals surface area contributed by atoms with E-state index in [0.717, 1.165) is 25.7 Å². The first-order chi connectivity index (χ1) is 10.6. The van der Waals surface area contributed by atoms with Gasteiger partial charge in [-0.3, -0.25) is 4.79 Å². The number of unbranched alkanes of at least 4 members (excludes halogenated alkanes) is 2. The highest BCUT2D eigenvalue weighted by Crippen LogP contribution is 1.99. The lowest BCUT2D eigenvalue weighted by Gasteiger charge is -2.18. The van der Waals surface area contributed by atoms with Crippen LogP contribution < -0.4 is 5.32 Å². The molecule has 0 aliphatic rings. The van der Waals surface area contributed by atoms with Crippen LogP contribution in [0.1, 0.15) is 60.2 Å². The van der Waals surface area contributed by atoms with Gasteiger partial charge in [-0.05, 0) is 19.3 Å². The molecule has 1 atom stereocenters. The van der Waals surface area contributed by atoms with E-state index < -0.39 is 6.26 Å². The Hall–Kier alpha value is -0.940. The predicted molar refractivity (Wildman–Crippen MR) is 83.3 cm³/mol. The van der Waals surface area contributed by atoms with Gasteiger partial charge in [-0.25, -0.2) is 0 Å². The van der Waals surface area contributed by atoms with E-state index in [0.29, 0.717) is 32.8 Å². The van der Waals surface area contributed by atoms with Crippen molar-refractivity contribution in [2.45, 2.75) is 64.9 Å². The van der Waals surface area contributed by atoms with Crippen LogP contribution in [0.15, 0.2) is 0 Å². The van der Waals surface area contributed by atoms with Crippen LogP contribution in [0.25, 0.3) is 0 Å². The summed E-state index contributed by atoms with van der Waals surface area (Å²) in [4.78, 5) is 22.2. The smallest absolute Gasteiger partial charge is 0.220 e. The fourth-order valence-electron chi connectivity index (χ4n) is 1.66. The van der Waals surface area contributed by atoms with E-state index in [4.69, 9.17) is 10.8 Å². The highest BCUT2D eigenvalue weighted by molar-refractivity contribution is 5.76. The Morgan fingerprint density at radius 1 is 1.24 bits per heavy atom. The first-order valence-electron chi connectivity index (χ1n) is 8.55. The quantitative estimate of drug-likeness (QED) is 0.373. The second kappa shape index (κ2) is 15.4. The molecule has 1 N–H and O–H groups in total. The molecule has 0 rings (SSSR count). The molecular formula is C16H31NO4. The minimum absolute atomic E-state index is 0.112. The first-order valence-corrected chi connectivity index (χ1v) is 8.05. The third-order valence-corrected chi connectivity index (χ3v) is 3.01. The highest BCUT2D eigenvalue weighted by Gasteiger charge is 2.11. The standard InChI is InChI=1S/C16H31NO4/c1-3-5-11-20-14-15(21-12-6-4-2)13-17-16(19)9-7-8-10-18/h10,15H,3-9,11-14H2,1-2H3,(H,17,19)/i10T. The second-order valence-electron chi connectivity index (χ2n) is 5.08. The Labute approximate surface area is 130 Å². The molecule has 0 saturated carbocycles. The van der Waals surface area contributed by atoms with E-state index in [1.165, 1.54) is 0 Å². The summed E-state index contributed by atoms with van der Waals surface area (Å²) in [5.74, 6) is -0.112. The lowest BCUT2D eigenvalue weighted by Crippen LogP contribution is -2.36. The lowest BCUT2D eigenvalue weighted by atomic mass is 10.2. The maximum atomic E-state index is 11.7. The third kappa shape index (κ3) is 13.8. The minimum Gasteiger partial charge on any atom is -0.379 e. The number of nitrogens with one attached hydrogen (secondary N) is 1. The normalized spacial score (nSPS) is 12.8. The summed E-state index contributed by atoms with van der Waals surface area (Å²) < 4.78 is 18.1. The van der Waals surface area contributed by atoms with E-state index in [9.17, 15) is 9.59 Å². The zero-order valence-electron chi connectivity index (χ0n) is 14.5. The van der Waals surface area contributed by atoms with E-state index >= 15 is 0 Å². The molecule has 0 aliphatic carbocycles. The number of aldehydes is 1. The molecule has 0 aliphatic heterocycles. The fraction of sp³-hybridized carbons (Fsp3) is 0.875. The fourth-order valence-corrected chi connectivity index (χ4v) is 1.66. The van der Waals surface area contributed by atoms with Crippen molar-refractivity contribution in [1.29, 1.82) is 0 Å². The Morgan fingerprint density at radius 3 is 2.62 bits per heavy atom. The van der Waals surface area contributed by atoms with E-state index in [-0.39, 0.29) is 24.9 Å². The van der Waals surface area contributed by atoms with Crippen molar-refractivity contribution in [2.75, 3.05) is 26.4 Å². The SMILES string of the molecule is [3H]C(=O)CCCC(=O)NCC(COCCCC)OCCCC. The Morgan fingerprint density at radius 2 is 1.95 bits per heavy atom. The van der Waals surface area contributed by atoms with Crippen LogP contribution in [0.5, 0.6) is 0 Å². The van der Waals surface area contributed by atoms with E-state index in [1.807, 2.05) is 0 Å². The second-order valence-corrected chi connectivity index (χ2v) is 5.08. The average molecular weight is 303 g/mol. The van der Waals surface area contributed by atoms with E-state index in [2.05, 4.69) is 19.2 Å². The maximum Gasteiger partial charge on any atom is 0.220 e. The van der Waals surface area contributed by atoms with Gasteiger partial charge in [-0.1, -0.05) is 26.7 Å². The van der Waals surface area contributed by atoms with Gasteiger partial charge in [0.25, 0.3) is 0 Å². The van der Waals surface area contributed by atoms with Crippen LogP contribution in [-0.4, -0.2) is 44.6 Å². The van der Waals surface area contributed by atoms with Gasteiger partial charge in [0.05, 0.1) is 12.7 Å². The van der Waals surface area contributed by atoms with Gasteiger partial charge in [0, 0.05) is 32.6 Å². The van der Waals surface area contributed by atoms with Crippen molar-refractivity contribution in [3.63, 3.8) is 0 Å². The number of hydrogen-bond acceptors (Lipinski definition) is 4. The molecule has 5 heteroatoms. The number of amides is 1. The molecule has 0 spiro atoms. The van der Waals surface area contributed by atoms with Crippen molar-refractivity contribution in [3.8, 4) is 0 Å². The molecule has 0 aromatic heterocycles. The van der Waals surface area contributed by atoms with Crippen LogP contribution in [-0.2, 0) is 19.1 Å². The highest BCUT2D eigenvalue weighted by atomic mass is 16.5. The zero-order valence-corrected chi connectivity index (χ0v) is 13.5. The van der Waals surface area contributed by atoms with Crippen LogP contribution in [0, 0.1) is 0 Å². The summed E-state index contributed by atoms with van der Waals surface area (Å²) in [7, 11) is 0. The Kier molecular flexibility index (Phi) is 13.3. The van der Waals surface area contributed by atoms with Gasteiger partial charge < -0.3 is 19.6 Å². The molecule has 0 bridgehead atoms. The average Bonchev–Trinajstić information content (AvgIpc) is 2.48. The van der Waals surface area contributed by atoms with E-state index in [1.54, 1.807) is 0 Å². The van der Waals surface area contributed by atoms with Gasteiger partial charge in [0.15, 0.2) is 0 Å². The number of ether oxygens (including phenoxy) is 2. The molecule has 124 valence electrons. The van der Waals surface area contributed by atoms with Gasteiger partial charge in [0.2, 0.25) is 5.91 Å². The van der Waals surface area contributed by atoms with Crippen molar-refractivity contribution >= 4 is 12.2 Å². The minimum atomic E-state index is -0.627. The number of hydrogen-bond donors (Lipinski definition) is 1. The molecule has 0 saturated heterocycles. The molecule has 0 aromatic carbocycles.